The predicted molar refractivity (Wildman–Crippen MR) is 77.3 cm³/mol. The normalized spacial score (nSPS) is 14.1. The van der Waals surface area contributed by atoms with Crippen molar-refractivity contribution in [3.8, 4) is 5.75 Å². The average molecular weight is 289 g/mol. The van der Waals surface area contributed by atoms with Gasteiger partial charge in [-0.2, -0.15) is 4.37 Å². The van der Waals surface area contributed by atoms with Crippen LogP contribution >= 0.6 is 11.5 Å². The number of carbonyl (C=O) groups excluding carboxylic acids is 1. The highest BCUT2D eigenvalue weighted by atomic mass is 32.1. The smallest absolute Gasteiger partial charge is 0.261 e. The Morgan fingerprint density at radius 1 is 1.45 bits per heavy atom. The van der Waals surface area contributed by atoms with Crippen LogP contribution in [0.3, 0.4) is 0 Å². The summed E-state index contributed by atoms with van der Waals surface area (Å²) in [6.07, 6.45) is 2.44. The summed E-state index contributed by atoms with van der Waals surface area (Å²) < 4.78 is 9.77. The third-order valence-electron chi connectivity index (χ3n) is 3.05. The molecule has 1 N–H and O–H groups in total. The van der Waals surface area contributed by atoms with Crippen LogP contribution in [-0.2, 0) is 0 Å². The van der Waals surface area contributed by atoms with Gasteiger partial charge in [-0.15, -0.1) is 0 Å². The number of hydrogen-bond donors (Lipinski definition) is 1. The van der Waals surface area contributed by atoms with Gasteiger partial charge in [0.25, 0.3) is 5.91 Å². The lowest BCUT2D eigenvalue weighted by Gasteiger charge is -2.10. The van der Waals surface area contributed by atoms with Crippen LogP contribution in [0.2, 0.25) is 0 Å². The van der Waals surface area contributed by atoms with E-state index in [1.54, 1.807) is 13.0 Å². The molecule has 0 aliphatic heterocycles. The number of ether oxygens (including phenoxy) is 1. The molecule has 1 saturated carbocycles. The minimum absolute atomic E-state index is 0.215. The van der Waals surface area contributed by atoms with E-state index in [2.05, 4.69) is 14.7 Å². The molecule has 3 rings (SSSR count). The molecule has 6 heteroatoms. The maximum atomic E-state index is 12.3. The van der Waals surface area contributed by atoms with Crippen LogP contribution in [0.1, 0.15) is 29.0 Å². The van der Waals surface area contributed by atoms with Gasteiger partial charge in [-0.3, -0.25) is 10.1 Å². The number of anilines is 1. The number of hydrogen-bond acceptors (Lipinski definition) is 5. The topological polar surface area (TPSA) is 64.1 Å². The molecule has 0 spiro atoms. The van der Waals surface area contributed by atoms with Gasteiger partial charge in [0.1, 0.15) is 11.6 Å². The van der Waals surface area contributed by atoms with Crippen LogP contribution in [0, 0.1) is 12.8 Å². The molecule has 0 atom stereocenters. The zero-order valence-corrected chi connectivity index (χ0v) is 11.9. The highest BCUT2D eigenvalue weighted by molar-refractivity contribution is 7.09. The zero-order chi connectivity index (χ0) is 13.9. The predicted octanol–water partition coefficient (Wildman–Crippen LogP) is 2.89. The molecule has 0 radical (unpaired) electrons. The fourth-order valence-electron chi connectivity index (χ4n) is 1.78. The summed E-state index contributed by atoms with van der Waals surface area (Å²) in [7, 11) is 0. The molecule has 0 unspecified atom stereocenters. The molecule has 104 valence electrons. The molecule has 1 aromatic heterocycles. The second-order valence-electron chi connectivity index (χ2n) is 4.85. The molecule has 0 bridgehead atoms. The van der Waals surface area contributed by atoms with E-state index in [0.29, 0.717) is 34.8 Å². The van der Waals surface area contributed by atoms with Crippen LogP contribution in [0.15, 0.2) is 24.3 Å². The third kappa shape index (κ3) is 3.14. The number of benzene rings is 1. The minimum Gasteiger partial charge on any atom is -0.492 e. The Morgan fingerprint density at radius 3 is 2.95 bits per heavy atom. The Kier molecular flexibility index (Phi) is 3.64. The number of nitrogens with zero attached hydrogens (tertiary/aromatic N) is 2. The molecule has 1 heterocycles. The maximum absolute atomic E-state index is 12.3. The van der Waals surface area contributed by atoms with Crippen molar-refractivity contribution in [2.24, 2.45) is 5.92 Å². The lowest BCUT2D eigenvalue weighted by Crippen LogP contribution is -2.14. The average Bonchev–Trinajstić information content (AvgIpc) is 3.19. The molecule has 1 amide bonds. The highest BCUT2D eigenvalue weighted by Gasteiger charge is 2.23. The molecule has 5 nitrogen and oxygen atoms in total. The lowest BCUT2D eigenvalue weighted by molar-refractivity contribution is 0.102. The van der Waals surface area contributed by atoms with Crippen molar-refractivity contribution in [2.75, 3.05) is 11.9 Å². The maximum Gasteiger partial charge on any atom is 0.261 e. The van der Waals surface area contributed by atoms with Crippen LogP contribution in [0.25, 0.3) is 0 Å². The van der Waals surface area contributed by atoms with E-state index in [0.717, 1.165) is 0 Å². The largest absolute Gasteiger partial charge is 0.492 e. The van der Waals surface area contributed by atoms with Gasteiger partial charge in [-0.25, -0.2) is 4.98 Å². The van der Waals surface area contributed by atoms with Crippen molar-refractivity contribution in [3.05, 3.63) is 35.7 Å². The van der Waals surface area contributed by atoms with Crippen LogP contribution < -0.4 is 10.1 Å². The summed E-state index contributed by atoms with van der Waals surface area (Å²) in [5.41, 5.74) is 0.529. The molecular formula is C14H15N3O2S. The van der Waals surface area contributed by atoms with Crippen LogP contribution in [-0.4, -0.2) is 21.9 Å². The number of amides is 1. The second-order valence-corrected chi connectivity index (χ2v) is 5.60. The van der Waals surface area contributed by atoms with Crippen molar-refractivity contribution in [3.63, 3.8) is 0 Å². The van der Waals surface area contributed by atoms with E-state index in [9.17, 15) is 4.79 Å². The minimum atomic E-state index is -0.215. The van der Waals surface area contributed by atoms with Gasteiger partial charge in [0.15, 0.2) is 0 Å². The van der Waals surface area contributed by atoms with Gasteiger partial charge in [0.05, 0.1) is 12.2 Å². The number of para-hydroxylation sites is 1. The first-order chi connectivity index (χ1) is 9.72. The van der Waals surface area contributed by atoms with E-state index in [-0.39, 0.29) is 5.91 Å². The summed E-state index contributed by atoms with van der Waals surface area (Å²) in [5, 5.41) is 3.25. The van der Waals surface area contributed by atoms with Gasteiger partial charge in [-0.05, 0) is 37.8 Å². The fraction of sp³-hybridized carbons (Fsp3) is 0.357. The van der Waals surface area contributed by atoms with Gasteiger partial charge < -0.3 is 4.74 Å². The van der Waals surface area contributed by atoms with E-state index in [1.807, 2.05) is 18.2 Å². The molecule has 1 aliphatic rings. The van der Waals surface area contributed by atoms with Crippen molar-refractivity contribution in [1.82, 2.24) is 9.36 Å². The number of rotatable bonds is 5. The first-order valence-corrected chi connectivity index (χ1v) is 7.33. The van der Waals surface area contributed by atoms with Crippen LogP contribution in [0.4, 0.5) is 5.13 Å². The summed E-state index contributed by atoms with van der Waals surface area (Å²) in [5.74, 6) is 1.71. The summed E-state index contributed by atoms with van der Waals surface area (Å²) >= 11 is 1.17. The lowest BCUT2D eigenvalue weighted by atomic mass is 10.2. The van der Waals surface area contributed by atoms with Gasteiger partial charge in [0.2, 0.25) is 5.13 Å². The monoisotopic (exact) mass is 289 g/mol. The number of aromatic nitrogens is 2. The highest BCUT2D eigenvalue weighted by Crippen LogP contribution is 2.30. The zero-order valence-electron chi connectivity index (χ0n) is 11.1. The SMILES string of the molecule is Cc1nsc(NC(=O)c2ccccc2OCC2CC2)n1. The Balaban J connectivity index is 1.72. The second kappa shape index (κ2) is 5.58. The Morgan fingerprint density at radius 2 is 2.25 bits per heavy atom. The molecule has 1 aromatic carbocycles. The van der Waals surface area contributed by atoms with E-state index in [4.69, 9.17) is 4.74 Å². The molecule has 20 heavy (non-hydrogen) atoms. The van der Waals surface area contributed by atoms with Crippen molar-refractivity contribution in [2.45, 2.75) is 19.8 Å². The fourth-order valence-corrected chi connectivity index (χ4v) is 2.36. The molecule has 0 saturated heterocycles. The van der Waals surface area contributed by atoms with E-state index >= 15 is 0 Å². The number of aryl methyl sites for hydroxylation is 1. The van der Waals surface area contributed by atoms with Crippen molar-refractivity contribution in [1.29, 1.82) is 0 Å². The van der Waals surface area contributed by atoms with Gasteiger partial charge >= 0.3 is 0 Å². The first-order valence-electron chi connectivity index (χ1n) is 6.56. The Labute approximate surface area is 121 Å². The quantitative estimate of drug-likeness (QED) is 0.919. The Bertz CT molecular complexity index is 622. The summed E-state index contributed by atoms with van der Waals surface area (Å²) in [6, 6.07) is 7.27. The first kappa shape index (κ1) is 13.1. The number of nitrogens with one attached hydrogen (secondary N) is 1. The van der Waals surface area contributed by atoms with Gasteiger partial charge in [0, 0.05) is 11.5 Å². The summed E-state index contributed by atoms with van der Waals surface area (Å²) in [4.78, 5) is 16.4. The van der Waals surface area contributed by atoms with Crippen molar-refractivity contribution >= 4 is 22.6 Å². The van der Waals surface area contributed by atoms with E-state index in [1.165, 1.54) is 24.4 Å². The molecule has 1 aliphatic carbocycles. The molecular weight excluding hydrogens is 274 g/mol. The third-order valence-corrected chi connectivity index (χ3v) is 3.77. The van der Waals surface area contributed by atoms with Crippen LogP contribution in [0.5, 0.6) is 5.75 Å². The number of carbonyl (C=O) groups is 1. The molecule has 1 fully saturated rings. The molecule has 2 aromatic rings. The van der Waals surface area contributed by atoms with Gasteiger partial charge in [-0.1, -0.05) is 12.1 Å². The summed E-state index contributed by atoms with van der Waals surface area (Å²) in [6.45, 7) is 2.47. The standard InChI is InChI=1S/C14H15N3O2S/c1-9-15-14(20-17-9)16-13(18)11-4-2-3-5-12(11)19-8-10-6-7-10/h2-5,10H,6-8H2,1H3,(H,15,16,17,18). The van der Waals surface area contributed by atoms with Crippen molar-refractivity contribution < 1.29 is 9.53 Å². The Hall–Kier alpha value is -1.95. The van der Waals surface area contributed by atoms with E-state index < -0.39 is 0 Å².